The smallest absolute Gasteiger partial charge is 0.345 e. The van der Waals surface area contributed by atoms with Gasteiger partial charge < -0.3 is 9.84 Å². The van der Waals surface area contributed by atoms with Gasteiger partial charge in [0.1, 0.15) is 4.88 Å². The van der Waals surface area contributed by atoms with Crippen molar-refractivity contribution in [3.8, 4) is 6.07 Å². The minimum absolute atomic E-state index is 0.352. The summed E-state index contributed by atoms with van der Waals surface area (Å²) in [7, 11) is 0. The molecule has 5 nitrogen and oxygen atoms in total. The van der Waals surface area contributed by atoms with Crippen molar-refractivity contribution in [3.05, 3.63) is 21.9 Å². The third-order valence-corrected chi connectivity index (χ3v) is 3.60. The molecule has 90 valence electrons. The number of hydrogen-bond acceptors (Lipinski definition) is 5. The quantitative estimate of drug-likeness (QED) is 0.874. The van der Waals surface area contributed by atoms with E-state index in [0.29, 0.717) is 24.6 Å². The molecule has 1 aliphatic heterocycles. The lowest BCUT2D eigenvalue weighted by Crippen LogP contribution is -2.41. The van der Waals surface area contributed by atoms with Gasteiger partial charge in [0.25, 0.3) is 0 Å². The molecule has 2 rings (SSSR count). The van der Waals surface area contributed by atoms with Crippen molar-refractivity contribution in [1.29, 1.82) is 5.26 Å². The number of morpholine rings is 1. The second kappa shape index (κ2) is 5.27. The monoisotopic (exact) mass is 252 g/mol. The predicted molar refractivity (Wildman–Crippen MR) is 61.9 cm³/mol. The van der Waals surface area contributed by atoms with E-state index in [1.54, 1.807) is 6.07 Å². The highest BCUT2D eigenvalue weighted by atomic mass is 32.1. The summed E-state index contributed by atoms with van der Waals surface area (Å²) in [6.45, 7) is 2.59. The lowest BCUT2D eigenvalue weighted by atomic mass is 10.3. The Bertz CT molecular complexity index is 452. The van der Waals surface area contributed by atoms with Crippen LogP contribution in [0.3, 0.4) is 0 Å². The molecule has 0 spiro atoms. The molecule has 1 fully saturated rings. The Hall–Kier alpha value is -1.42. The van der Waals surface area contributed by atoms with Crippen LogP contribution in [0.5, 0.6) is 0 Å². The molecular weight excluding hydrogens is 240 g/mol. The number of carbonyl (C=O) groups is 1. The van der Waals surface area contributed by atoms with Gasteiger partial charge in [-0.25, -0.2) is 4.79 Å². The average Bonchev–Trinajstić information content (AvgIpc) is 2.78. The number of nitriles is 1. The van der Waals surface area contributed by atoms with Crippen molar-refractivity contribution >= 4 is 17.3 Å². The summed E-state index contributed by atoms with van der Waals surface area (Å²) >= 11 is 1.28. The fourth-order valence-electron chi connectivity index (χ4n) is 1.72. The van der Waals surface area contributed by atoms with Crippen LogP contribution in [0.2, 0.25) is 0 Å². The highest BCUT2D eigenvalue weighted by molar-refractivity contribution is 7.13. The van der Waals surface area contributed by atoms with Crippen molar-refractivity contribution in [2.24, 2.45) is 0 Å². The van der Waals surface area contributed by atoms with E-state index in [4.69, 9.17) is 15.1 Å². The van der Waals surface area contributed by atoms with Gasteiger partial charge in [0.05, 0.1) is 12.7 Å². The van der Waals surface area contributed by atoms with E-state index in [1.165, 1.54) is 11.3 Å². The standard InChI is InChI=1S/C11H12N2O3S/c12-5-8-6-13(3-4-16-8)7-9-1-2-10(17-9)11(14)15/h1-2,8H,3-4,6-7H2,(H,14,15). The minimum atomic E-state index is -0.891. The molecule has 0 amide bonds. The maximum atomic E-state index is 10.7. The van der Waals surface area contributed by atoms with Crippen molar-refractivity contribution in [1.82, 2.24) is 4.90 Å². The second-order valence-electron chi connectivity index (χ2n) is 3.79. The molecule has 2 heterocycles. The zero-order valence-corrected chi connectivity index (χ0v) is 9.94. The Morgan fingerprint density at radius 2 is 2.53 bits per heavy atom. The minimum Gasteiger partial charge on any atom is -0.477 e. The van der Waals surface area contributed by atoms with Gasteiger partial charge in [-0.05, 0) is 12.1 Å². The summed E-state index contributed by atoms with van der Waals surface area (Å²) in [6, 6.07) is 5.53. The van der Waals surface area contributed by atoms with Gasteiger partial charge in [0.15, 0.2) is 6.10 Å². The zero-order chi connectivity index (χ0) is 12.3. The van der Waals surface area contributed by atoms with Crippen LogP contribution in [0.15, 0.2) is 12.1 Å². The number of hydrogen-bond donors (Lipinski definition) is 1. The summed E-state index contributed by atoms with van der Waals surface area (Å²) in [5, 5.41) is 17.6. The largest absolute Gasteiger partial charge is 0.477 e. The van der Waals surface area contributed by atoms with E-state index in [1.807, 2.05) is 6.07 Å². The zero-order valence-electron chi connectivity index (χ0n) is 9.13. The number of carboxylic acid groups (broad SMARTS) is 1. The van der Waals surface area contributed by atoms with Crippen LogP contribution in [0.25, 0.3) is 0 Å². The van der Waals surface area contributed by atoms with Crippen molar-refractivity contribution in [2.75, 3.05) is 19.7 Å². The Balaban J connectivity index is 1.96. The molecule has 1 aromatic rings. The summed E-state index contributed by atoms with van der Waals surface area (Å²) in [4.78, 5) is 14.2. The first kappa shape index (κ1) is 12.0. The normalized spacial score (nSPS) is 21.0. The van der Waals surface area contributed by atoms with Crippen molar-refractivity contribution < 1.29 is 14.6 Å². The molecule has 0 saturated carbocycles. The topological polar surface area (TPSA) is 73.6 Å². The Labute approximate surface area is 103 Å². The number of carboxylic acids is 1. The Morgan fingerprint density at radius 1 is 1.71 bits per heavy atom. The Morgan fingerprint density at radius 3 is 3.18 bits per heavy atom. The van der Waals surface area contributed by atoms with Crippen molar-refractivity contribution in [2.45, 2.75) is 12.6 Å². The van der Waals surface area contributed by atoms with Crippen LogP contribution in [0, 0.1) is 11.3 Å². The molecule has 6 heteroatoms. The fraction of sp³-hybridized carbons (Fsp3) is 0.455. The lowest BCUT2D eigenvalue weighted by molar-refractivity contribution is -0.00233. The van der Waals surface area contributed by atoms with Gasteiger partial charge in [0, 0.05) is 24.5 Å². The summed E-state index contributed by atoms with van der Waals surface area (Å²) in [5.74, 6) is -0.891. The highest BCUT2D eigenvalue weighted by Crippen LogP contribution is 2.19. The van der Waals surface area contributed by atoms with E-state index < -0.39 is 5.97 Å². The van der Waals surface area contributed by atoms with Gasteiger partial charge in [-0.3, -0.25) is 4.90 Å². The maximum Gasteiger partial charge on any atom is 0.345 e. The third-order valence-electron chi connectivity index (χ3n) is 2.55. The number of thiophene rings is 1. The van der Waals surface area contributed by atoms with Gasteiger partial charge in [-0.2, -0.15) is 5.26 Å². The third kappa shape index (κ3) is 3.03. The van der Waals surface area contributed by atoms with Crippen LogP contribution >= 0.6 is 11.3 Å². The first-order valence-electron chi connectivity index (χ1n) is 5.24. The van der Waals surface area contributed by atoms with Crippen LogP contribution < -0.4 is 0 Å². The number of ether oxygens (including phenoxy) is 1. The van der Waals surface area contributed by atoms with Crippen LogP contribution in [-0.2, 0) is 11.3 Å². The number of rotatable bonds is 3. The fourth-order valence-corrected chi connectivity index (χ4v) is 2.61. The molecule has 0 aliphatic carbocycles. The van der Waals surface area contributed by atoms with E-state index >= 15 is 0 Å². The second-order valence-corrected chi connectivity index (χ2v) is 4.96. The molecule has 0 radical (unpaired) electrons. The number of aromatic carboxylic acids is 1. The molecule has 1 aliphatic rings. The van der Waals surface area contributed by atoms with Crippen LogP contribution in [-0.4, -0.2) is 41.8 Å². The summed E-state index contributed by atoms with van der Waals surface area (Å²) in [6.07, 6.45) is -0.373. The molecular formula is C11H12N2O3S. The van der Waals surface area contributed by atoms with E-state index in [9.17, 15) is 4.79 Å². The predicted octanol–water partition coefficient (Wildman–Crippen LogP) is 1.17. The lowest BCUT2D eigenvalue weighted by Gasteiger charge is -2.29. The Kier molecular flexibility index (Phi) is 3.74. The molecule has 1 saturated heterocycles. The van der Waals surface area contributed by atoms with E-state index in [0.717, 1.165) is 11.4 Å². The molecule has 1 atom stereocenters. The van der Waals surface area contributed by atoms with E-state index in [-0.39, 0.29) is 6.10 Å². The summed E-state index contributed by atoms with van der Waals surface area (Å²) in [5.41, 5.74) is 0. The van der Waals surface area contributed by atoms with Crippen LogP contribution in [0.4, 0.5) is 0 Å². The molecule has 1 unspecified atom stereocenters. The molecule has 0 bridgehead atoms. The molecule has 1 aromatic heterocycles. The molecule has 17 heavy (non-hydrogen) atoms. The maximum absolute atomic E-state index is 10.7. The average molecular weight is 252 g/mol. The van der Waals surface area contributed by atoms with Gasteiger partial charge in [0.2, 0.25) is 0 Å². The molecule has 1 N–H and O–H groups in total. The van der Waals surface area contributed by atoms with Gasteiger partial charge in [-0.1, -0.05) is 0 Å². The summed E-state index contributed by atoms with van der Waals surface area (Å²) < 4.78 is 5.24. The number of nitrogens with zero attached hydrogens (tertiary/aromatic N) is 2. The van der Waals surface area contributed by atoms with E-state index in [2.05, 4.69) is 11.0 Å². The SMILES string of the molecule is N#CC1CN(Cc2ccc(C(=O)O)s2)CCO1. The first-order chi connectivity index (χ1) is 8.19. The van der Waals surface area contributed by atoms with Gasteiger partial charge >= 0.3 is 5.97 Å². The first-order valence-corrected chi connectivity index (χ1v) is 6.06. The molecule has 0 aromatic carbocycles. The van der Waals surface area contributed by atoms with Crippen LogP contribution in [0.1, 0.15) is 14.5 Å². The van der Waals surface area contributed by atoms with Crippen molar-refractivity contribution in [3.63, 3.8) is 0 Å². The highest BCUT2D eigenvalue weighted by Gasteiger charge is 2.20. The van der Waals surface area contributed by atoms with Gasteiger partial charge in [-0.15, -0.1) is 11.3 Å².